The molecule has 1 amide bonds. The molecule has 2 aromatic rings. The van der Waals surface area contributed by atoms with E-state index < -0.39 is 10.0 Å². The van der Waals surface area contributed by atoms with Crippen molar-refractivity contribution in [2.24, 2.45) is 0 Å². The fourth-order valence-corrected chi connectivity index (χ4v) is 4.59. The first-order chi connectivity index (χ1) is 13.4. The molecule has 0 unspecified atom stereocenters. The Bertz CT molecular complexity index is 994. The Hall–Kier alpha value is -2.69. The summed E-state index contributed by atoms with van der Waals surface area (Å²) in [5.41, 5.74) is 3.40. The molecular weight excluding hydrogens is 374 g/mol. The average Bonchev–Trinajstić information content (AvgIpc) is 2.68. The van der Waals surface area contributed by atoms with Gasteiger partial charge in [-0.1, -0.05) is 36.4 Å². The highest BCUT2D eigenvalue weighted by Gasteiger charge is 2.25. The number of amides is 1. The number of nitrogens with one attached hydrogen (secondary N) is 1. The number of nitrogens with zero attached hydrogens (tertiary/aromatic N) is 2. The zero-order valence-corrected chi connectivity index (χ0v) is 16.6. The van der Waals surface area contributed by atoms with E-state index in [4.69, 9.17) is 5.26 Å². The van der Waals surface area contributed by atoms with Crippen LogP contribution in [0, 0.1) is 11.3 Å². The number of rotatable bonds is 6. The van der Waals surface area contributed by atoms with Crippen LogP contribution in [0.4, 0.5) is 0 Å². The number of fused-ring (bicyclic) bond motifs is 1. The van der Waals surface area contributed by atoms with Crippen molar-refractivity contribution in [2.75, 3.05) is 13.6 Å². The lowest BCUT2D eigenvalue weighted by Gasteiger charge is -2.27. The van der Waals surface area contributed by atoms with Gasteiger partial charge >= 0.3 is 0 Å². The van der Waals surface area contributed by atoms with Gasteiger partial charge in [0.2, 0.25) is 15.9 Å². The molecule has 7 heteroatoms. The molecule has 28 heavy (non-hydrogen) atoms. The molecule has 0 heterocycles. The molecule has 2 aromatic carbocycles. The number of nitriles is 1. The minimum absolute atomic E-state index is 0.0768. The standard InChI is InChI=1S/C21H23N3O3S/c1-24(28(26,27)15-17-11-9-16(13-22)10-12-17)14-21(25)23-20-8-4-6-18-5-2-3-7-19(18)20/h2-3,5,7,9-12,20H,4,6,8,14-15H2,1H3,(H,23,25)/t20-/m1/s1. The third-order valence-electron chi connectivity index (χ3n) is 4.98. The van der Waals surface area contributed by atoms with Gasteiger partial charge in [-0.2, -0.15) is 9.57 Å². The summed E-state index contributed by atoms with van der Waals surface area (Å²) >= 11 is 0. The molecule has 1 N–H and O–H groups in total. The van der Waals surface area contributed by atoms with E-state index in [1.165, 1.54) is 12.6 Å². The predicted molar refractivity (Wildman–Crippen MR) is 107 cm³/mol. The highest BCUT2D eigenvalue weighted by Crippen LogP contribution is 2.29. The Kier molecular flexibility index (Phi) is 6.12. The Morgan fingerprint density at radius 1 is 1.21 bits per heavy atom. The predicted octanol–water partition coefficient (Wildman–Crippen LogP) is 2.51. The molecule has 6 nitrogen and oxygen atoms in total. The molecule has 146 valence electrons. The molecule has 1 aliphatic rings. The third kappa shape index (κ3) is 4.77. The van der Waals surface area contributed by atoms with Crippen LogP contribution >= 0.6 is 0 Å². The normalized spacial score (nSPS) is 16.2. The number of carbonyl (C=O) groups is 1. The van der Waals surface area contributed by atoms with Crippen LogP contribution in [-0.2, 0) is 27.0 Å². The zero-order valence-electron chi connectivity index (χ0n) is 15.8. The van der Waals surface area contributed by atoms with Crippen molar-refractivity contribution in [3.05, 3.63) is 70.8 Å². The highest BCUT2D eigenvalue weighted by molar-refractivity contribution is 7.88. The van der Waals surface area contributed by atoms with Gasteiger partial charge in [-0.3, -0.25) is 4.79 Å². The first-order valence-corrected chi connectivity index (χ1v) is 10.8. The molecule has 0 fully saturated rings. The van der Waals surface area contributed by atoms with Gasteiger partial charge < -0.3 is 5.32 Å². The average molecular weight is 398 g/mol. The molecule has 0 bridgehead atoms. The van der Waals surface area contributed by atoms with Crippen LogP contribution in [0.2, 0.25) is 0 Å². The van der Waals surface area contributed by atoms with Crippen LogP contribution in [0.25, 0.3) is 0 Å². The lowest BCUT2D eigenvalue weighted by atomic mass is 9.88. The lowest BCUT2D eigenvalue weighted by Crippen LogP contribution is -2.40. The third-order valence-corrected chi connectivity index (χ3v) is 6.75. The topological polar surface area (TPSA) is 90.3 Å². The van der Waals surface area contributed by atoms with Crippen LogP contribution in [0.3, 0.4) is 0 Å². The van der Waals surface area contributed by atoms with Gasteiger partial charge in [0.05, 0.1) is 30.0 Å². The summed E-state index contributed by atoms with van der Waals surface area (Å²) in [6, 6.07) is 16.4. The molecule has 0 aromatic heterocycles. The second kappa shape index (κ2) is 8.55. The first-order valence-electron chi connectivity index (χ1n) is 9.19. The van der Waals surface area contributed by atoms with Crippen LogP contribution in [-0.4, -0.2) is 32.2 Å². The summed E-state index contributed by atoms with van der Waals surface area (Å²) in [6.07, 6.45) is 2.85. The number of sulfonamides is 1. The van der Waals surface area contributed by atoms with Crippen molar-refractivity contribution >= 4 is 15.9 Å². The summed E-state index contributed by atoms with van der Waals surface area (Å²) in [4.78, 5) is 12.5. The number of hydrogen-bond acceptors (Lipinski definition) is 4. The molecule has 0 saturated carbocycles. The Balaban J connectivity index is 1.61. The Morgan fingerprint density at radius 2 is 1.93 bits per heavy atom. The van der Waals surface area contributed by atoms with Gasteiger partial charge in [0.15, 0.2) is 0 Å². The number of aryl methyl sites for hydroxylation is 1. The van der Waals surface area contributed by atoms with Gasteiger partial charge in [-0.15, -0.1) is 0 Å². The molecular formula is C21H23N3O3S. The maximum Gasteiger partial charge on any atom is 0.235 e. The van der Waals surface area contributed by atoms with Crippen molar-refractivity contribution in [1.82, 2.24) is 9.62 Å². The smallest absolute Gasteiger partial charge is 0.235 e. The van der Waals surface area contributed by atoms with Crippen molar-refractivity contribution < 1.29 is 13.2 Å². The van der Waals surface area contributed by atoms with Gasteiger partial charge in [0, 0.05) is 7.05 Å². The quantitative estimate of drug-likeness (QED) is 0.811. The molecule has 0 aliphatic heterocycles. The Morgan fingerprint density at radius 3 is 2.64 bits per heavy atom. The molecule has 0 radical (unpaired) electrons. The number of carbonyl (C=O) groups excluding carboxylic acids is 1. The van der Waals surface area contributed by atoms with Crippen molar-refractivity contribution in [2.45, 2.75) is 31.1 Å². The summed E-state index contributed by atoms with van der Waals surface area (Å²) in [5.74, 6) is -0.526. The zero-order chi connectivity index (χ0) is 20.1. The molecule has 3 rings (SSSR count). The molecule has 0 spiro atoms. The van der Waals surface area contributed by atoms with E-state index in [9.17, 15) is 13.2 Å². The minimum atomic E-state index is -3.64. The van der Waals surface area contributed by atoms with E-state index in [1.807, 2.05) is 24.3 Å². The minimum Gasteiger partial charge on any atom is -0.348 e. The Labute approximate surface area is 165 Å². The second-order valence-electron chi connectivity index (χ2n) is 7.03. The van der Waals surface area contributed by atoms with E-state index in [-0.39, 0.29) is 24.2 Å². The molecule has 0 saturated heterocycles. The first kappa shape index (κ1) is 20.1. The lowest BCUT2D eigenvalue weighted by molar-refractivity contribution is -0.122. The van der Waals surface area contributed by atoms with Gasteiger partial charge in [-0.05, 0) is 48.1 Å². The van der Waals surface area contributed by atoms with E-state index in [1.54, 1.807) is 24.3 Å². The fourth-order valence-electron chi connectivity index (χ4n) is 3.44. The van der Waals surface area contributed by atoms with Crippen LogP contribution < -0.4 is 5.32 Å². The maximum absolute atomic E-state index is 12.6. The van der Waals surface area contributed by atoms with E-state index in [0.29, 0.717) is 11.1 Å². The molecule has 1 atom stereocenters. The fraction of sp³-hybridized carbons (Fsp3) is 0.333. The SMILES string of the molecule is CN(CC(=O)N[C@@H]1CCCc2ccccc21)S(=O)(=O)Cc1ccc(C#N)cc1. The van der Waals surface area contributed by atoms with Gasteiger partial charge in [0.25, 0.3) is 0 Å². The maximum atomic E-state index is 12.6. The molecule has 1 aliphatic carbocycles. The largest absolute Gasteiger partial charge is 0.348 e. The van der Waals surface area contributed by atoms with Crippen molar-refractivity contribution in [3.8, 4) is 6.07 Å². The van der Waals surface area contributed by atoms with Crippen molar-refractivity contribution in [3.63, 3.8) is 0 Å². The van der Waals surface area contributed by atoms with E-state index in [0.717, 1.165) is 29.1 Å². The summed E-state index contributed by atoms with van der Waals surface area (Å²) in [5, 5.41) is 11.8. The van der Waals surface area contributed by atoms with Gasteiger partial charge in [-0.25, -0.2) is 8.42 Å². The second-order valence-corrected chi connectivity index (χ2v) is 9.11. The van der Waals surface area contributed by atoms with Crippen LogP contribution in [0.5, 0.6) is 0 Å². The van der Waals surface area contributed by atoms with Crippen molar-refractivity contribution in [1.29, 1.82) is 5.26 Å². The van der Waals surface area contributed by atoms with Crippen LogP contribution in [0.1, 0.15) is 41.1 Å². The van der Waals surface area contributed by atoms with Gasteiger partial charge in [0.1, 0.15) is 0 Å². The highest BCUT2D eigenvalue weighted by atomic mass is 32.2. The van der Waals surface area contributed by atoms with E-state index >= 15 is 0 Å². The monoisotopic (exact) mass is 397 g/mol. The number of likely N-dealkylation sites (N-methyl/N-ethyl adjacent to an activating group) is 1. The summed E-state index contributed by atoms with van der Waals surface area (Å²) in [7, 11) is -2.23. The summed E-state index contributed by atoms with van der Waals surface area (Å²) in [6.45, 7) is -0.225. The number of benzene rings is 2. The number of hydrogen-bond donors (Lipinski definition) is 1. The summed E-state index contributed by atoms with van der Waals surface area (Å²) < 4.78 is 26.2. The van der Waals surface area contributed by atoms with Crippen LogP contribution in [0.15, 0.2) is 48.5 Å². The van der Waals surface area contributed by atoms with E-state index in [2.05, 4.69) is 11.4 Å².